The van der Waals surface area contributed by atoms with Crippen molar-refractivity contribution >= 4 is 21.4 Å². The molecule has 24 heavy (non-hydrogen) atoms. The maximum atomic E-state index is 12.0. The van der Waals surface area contributed by atoms with Gasteiger partial charge >= 0.3 is 0 Å². The molecule has 0 radical (unpaired) electrons. The van der Waals surface area contributed by atoms with Gasteiger partial charge in [0, 0.05) is 12.0 Å². The molecular weight excluding hydrogens is 332 g/mol. The molecule has 10 heteroatoms. The van der Waals surface area contributed by atoms with Gasteiger partial charge in [-0.25, -0.2) is 23.4 Å². The quantitative estimate of drug-likeness (QED) is 0.716. The second-order valence-corrected chi connectivity index (χ2v) is 8.26. The number of rotatable bonds is 5. The second-order valence-electron chi connectivity index (χ2n) is 5.86. The molecule has 3 heterocycles. The molecule has 0 unspecified atom stereocenters. The number of sulfone groups is 1. The highest BCUT2D eigenvalue weighted by atomic mass is 32.2. The largest absolute Gasteiger partial charge is 0.443 e. The summed E-state index contributed by atoms with van der Waals surface area (Å²) in [5, 5.41) is 4.10. The summed E-state index contributed by atoms with van der Waals surface area (Å²) in [5.41, 5.74) is 7.68. The molecule has 2 N–H and O–H groups in total. The Hall–Kier alpha value is -2.49. The molecule has 0 atom stereocenters. The number of hydrogen-bond donors (Lipinski definition) is 1. The second kappa shape index (κ2) is 5.26. The van der Waals surface area contributed by atoms with Gasteiger partial charge in [-0.2, -0.15) is 4.52 Å². The Morgan fingerprint density at radius 1 is 1.38 bits per heavy atom. The average molecular weight is 348 g/mol. The van der Waals surface area contributed by atoms with Crippen LogP contribution in [0.15, 0.2) is 16.9 Å². The van der Waals surface area contributed by atoms with Crippen LogP contribution in [-0.4, -0.2) is 44.0 Å². The van der Waals surface area contributed by atoms with Gasteiger partial charge in [-0.3, -0.25) is 0 Å². The zero-order valence-electron chi connectivity index (χ0n) is 13.0. The van der Waals surface area contributed by atoms with Gasteiger partial charge in [-0.05, 0) is 19.8 Å². The fraction of sp³-hybridized carbons (Fsp3) is 0.429. The highest BCUT2D eigenvalue weighted by molar-refractivity contribution is 7.92. The van der Waals surface area contributed by atoms with Gasteiger partial charge in [0.15, 0.2) is 21.3 Å². The Kier molecular flexibility index (Phi) is 3.30. The van der Waals surface area contributed by atoms with Crippen molar-refractivity contribution in [3.05, 3.63) is 23.8 Å². The summed E-state index contributed by atoms with van der Waals surface area (Å²) in [6.07, 6.45) is 4.75. The predicted molar refractivity (Wildman–Crippen MR) is 85.9 cm³/mol. The third-order valence-corrected chi connectivity index (χ3v) is 6.32. The lowest BCUT2D eigenvalue weighted by Gasteiger charge is -2.04. The van der Waals surface area contributed by atoms with Crippen LogP contribution in [0.2, 0.25) is 0 Å². The van der Waals surface area contributed by atoms with Crippen molar-refractivity contribution in [1.82, 2.24) is 24.6 Å². The molecule has 0 spiro atoms. The highest BCUT2D eigenvalue weighted by Crippen LogP contribution is 2.29. The van der Waals surface area contributed by atoms with Crippen molar-refractivity contribution in [2.45, 2.75) is 31.4 Å². The summed E-state index contributed by atoms with van der Waals surface area (Å²) < 4.78 is 30.7. The average Bonchev–Trinajstić information content (AvgIpc) is 3.11. The summed E-state index contributed by atoms with van der Waals surface area (Å²) in [7, 11) is -3.05. The molecule has 3 aromatic rings. The zero-order valence-corrected chi connectivity index (χ0v) is 13.8. The number of nitrogens with two attached hydrogens (primary N) is 1. The molecule has 4 rings (SSSR count). The van der Waals surface area contributed by atoms with Crippen LogP contribution in [0.25, 0.3) is 17.2 Å². The third-order valence-electron chi connectivity index (χ3n) is 4.06. The first-order chi connectivity index (χ1) is 11.5. The standard InChI is InChI=1S/C14H16N6O3S/c1-8-11(13-16-5-6-23-13)18-14(15)20-12(8)17-10(19-20)4-7-24(21,22)9-2-3-9/h5-6,9H,2-4,7H2,1H3,(H2,15,18). The minimum atomic E-state index is -3.05. The van der Waals surface area contributed by atoms with Gasteiger partial charge in [-0.1, -0.05) is 0 Å². The van der Waals surface area contributed by atoms with E-state index in [9.17, 15) is 8.42 Å². The summed E-state index contributed by atoms with van der Waals surface area (Å²) in [6, 6.07) is 0. The summed E-state index contributed by atoms with van der Waals surface area (Å²) in [6.45, 7) is 1.82. The van der Waals surface area contributed by atoms with Crippen molar-refractivity contribution in [1.29, 1.82) is 0 Å². The Labute approximate surface area is 137 Å². The lowest BCUT2D eigenvalue weighted by molar-refractivity contribution is 0.571. The number of aromatic nitrogens is 5. The van der Waals surface area contributed by atoms with E-state index in [0.717, 1.165) is 18.4 Å². The maximum absolute atomic E-state index is 12.0. The SMILES string of the molecule is Cc1c(-c2ncco2)nc(N)n2nc(CCS(=O)(=O)C3CC3)nc12. The molecule has 0 saturated heterocycles. The van der Waals surface area contributed by atoms with E-state index in [2.05, 4.69) is 20.1 Å². The van der Waals surface area contributed by atoms with E-state index >= 15 is 0 Å². The lowest BCUT2D eigenvalue weighted by atomic mass is 10.2. The van der Waals surface area contributed by atoms with Crippen LogP contribution in [0.1, 0.15) is 24.2 Å². The molecule has 1 fully saturated rings. The van der Waals surface area contributed by atoms with Gasteiger partial charge < -0.3 is 10.2 Å². The molecule has 3 aromatic heterocycles. The fourth-order valence-corrected chi connectivity index (χ4v) is 4.25. The van der Waals surface area contributed by atoms with Crippen LogP contribution in [0.4, 0.5) is 5.95 Å². The molecule has 9 nitrogen and oxygen atoms in total. The lowest BCUT2D eigenvalue weighted by Crippen LogP contribution is -2.14. The van der Waals surface area contributed by atoms with Crippen LogP contribution in [0.3, 0.4) is 0 Å². The van der Waals surface area contributed by atoms with E-state index in [4.69, 9.17) is 10.2 Å². The first-order valence-corrected chi connectivity index (χ1v) is 9.30. The van der Waals surface area contributed by atoms with Crippen LogP contribution >= 0.6 is 0 Å². The maximum Gasteiger partial charge on any atom is 0.245 e. The van der Waals surface area contributed by atoms with Crippen molar-refractivity contribution in [3.63, 3.8) is 0 Å². The van der Waals surface area contributed by atoms with Crippen LogP contribution in [0.5, 0.6) is 0 Å². The predicted octanol–water partition coefficient (Wildman–Crippen LogP) is 0.790. The Morgan fingerprint density at radius 2 is 2.17 bits per heavy atom. The molecule has 0 bridgehead atoms. The van der Waals surface area contributed by atoms with Gasteiger partial charge in [-0.15, -0.1) is 5.10 Å². The number of fused-ring (bicyclic) bond motifs is 1. The monoisotopic (exact) mass is 348 g/mol. The van der Waals surface area contributed by atoms with Gasteiger partial charge in [0.25, 0.3) is 0 Å². The normalized spacial score (nSPS) is 15.2. The van der Waals surface area contributed by atoms with E-state index in [1.165, 1.54) is 17.0 Å². The summed E-state index contributed by atoms with van der Waals surface area (Å²) in [5.74, 6) is 0.976. The number of oxazole rings is 1. The van der Waals surface area contributed by atoms with Gasteiger partial charge in [0.2, 0.25) is 11.8 Å². The molecule has 1 saturated carbocycles. The Balaban J connectivity index is 1.70. The van der Waals surface area contributed by atoms with E-state index in [1.54, 1.807) is 0 Å². The zero-order chi connectivity index (χ0) is 16.9. The summed E-state index contributed by atoms with van der Waals surface area (Å²) in [4.78, 5) is 12.8. The van der Waals surface area contributed by atoms with E-state index in [1.807, 2.05) is 6.92 Å². The summed E-state index contributed by atoms with van der Waals surface area (Å²) >= 11 is 0. The highest BCUT2D eigenvalue weighted by Gasteiger charge is 2.35. The minimum absolute atomic E-state index is 0.0491. The van der Waals surface area contributed by atoms with E-state index < -0.39 is 9.84 Å². The molecule has 0 aromatic carbocycles. The third kappa shape index (κ3) is 2.52. The number of nitrogen functional groups attached to an aromatic ring is 1. The molecule has 0 aliphatic heterocycles. The minimum Gasteiger partial charge on any atom is -0.443 e. The Morgan fingerprint density at radius 3 is 2.83 bits per heavy atom. The van der Waals surface area contributed by atoms with Crippen molar-refractivity contribution in [2.75, 3.05) is 11.5 Å². The number of anilines is 1. The van der Waals surface area contributed by atoms with Gasteiger partial charge in [0.1, 0.15) is 12.0 Å². The van der Waals surface area contributed by atoms with Crippen LogP contribution in [-0.2, 0) is 16.3 Å². The fourth-order valence-electron chi connectivity index (χ4n) is 2.59. The number of aryl methyl sites for hydroxylation is 2. The van der Waals surface area contributed by atoms with Crippen molar-refractivity contribution in [3.8, 4) is 11.6 Å². The van der Waals surface area contributed by atoms with Crippen LogP contribution < -0.4 is 5.73 Å². The molecule has 1 aliphatic carbocycles. The smallest absolute Gasteiger partial charge is 0.245 e. The van der Waals surface area contributed by atoms with Crippen molar-refractivity contribution < 1.29 is 12.8 Å². The topological polar surface area (TPSA) is 129 Å². The van der Waals surface area contributed by atoms with E-state index in [-0.39, 0.29) is 23.4 Å². The first kappa shape index (κ1) is 15.1. The molecule has 1 aliphatic rings. The number of nitrogens with zero attached hydrogens (tertiary/aromatic N) is 5. The van der Waals surface area contributed by atoms with E-state index in [0.29, 0.717) is 23.1 Å². The van der Waals surface area contributed by atoms with Crippen molar-refractivity contribution in [2.24, 2.45) is 0 Å². The van der Waals surface area contributed by atoms with Gasteiger partial charge in [0.05, 0.1) is 17.2 Å². The van der Waals surface area contributed by atoms with Crippen LogP contribution in [0, 0.1) is 6.92 Å². The molecule has 0 amide bonds. The number of hydrogen-bond acceptors (Lipinski definition) is 8. The molecular formula is C14H16N6O3S. The molecule has 126 valence electrons. The first-order valence-electron chi connectivity index (χ1n) is 7.59. The Bertz CT molecular complexity index is 1000.